The Hall–Kier alpha value is -6.20. The number of rotatable bonds is 15. The Labute approximate surface area is 450 Å². The van der Waals surface area contributed by atoms with Crippen molar-refractivity contribution in [3.63, 3.8) is 0 Å². The van der Waals surface area contributed by atoms with Crippen molar-refractivity contribution in [2.24, 2.45) is 17.8 Å². The van der Waals surface area contributed by atoms with Gasteiger partial charge in [-0.05, 0) is 157 Å². The summed E-state index contributed by atoms with van der Waals surface area (Å²) in [6.45, 7) is 9.82. The molecule has 2 saturated carbocycles. The van der Waals surface area contributed by atoms with Crippen molar-refractivity contribution in [2.75, 3.05) is 58.7 Å². The van der Waals surface area contributed by atoms with E-state index < -0.39 is 23.3 Å². The second kappa shape index (κ2) is 21.2. The zero-order valence-electron chi connectivity index (χ0n) is 45.3. The molecule has 7 aliphatic rings. The number of fused-ring (bicyclic) bond motifs is 9. The van der Waals surface area contributed by atoms with Gasteiger partial charge >= 0.3 is 18.0 Å². The number of amides is 1. The molecule has 16 nitrogen and oxygen atoms in total. The van der Waals surface area contributed by atoms with E-state index >= 15 is 0 Å². The molecule has 1 saturated heterocycles. The topological polar surface area (TPSA) is 193 Å². The quantitative estimate of drug-likeness (QED) is 0.0672. The second-order valence-corrected chi connectivity index (χ2v) is 23.1. The summed E-state index contributed by atoms with van der Waals surface area (Å²) in [7, 11) is 3.92. The number of cyclic esters (lactones) is 1. The lowest BCUT2D eigenvalue weighted by molar-refractivity contribution is -0.172. The van der Waals surface area contributed by atoms with Crippen LogP contribution in [0.25, 0.3) is 22.3 Å². The molecule has 3 aliphatic heterocycles. The van der Waals surface area contributed by atoms with Crippen molar-refractivity contribution in [3.8, 4) is 17.1 Å². The fourth-order valence-electron chi connectivity index (χ4n) is 14.4. The fraction of sp³-hybridized carbons (Fsp3) is 0.541. The van der Waals surface area contributed by atoms with E-state index in [0.29, 0.717) is 60.5 Å². The van der Waals surface area contributed by atoms with Crippen LogP contribution >= 0.6 is 0 Å². The van der Waals surface area contributed by atoms with Gasteiger partial charge < -0.3 is 44.1 Å². The van der Waals surface area contributed by atoms with Crippen LogP contribution in [0.15, 0.2) is 76.1 Å². The summed E-state index contributed by atoms with van der Waals surface area (Å²) < 4.78 is 19.1. The maximum atomic E-state index is 13.8. The van der Waals surface area contributed by atoms with Crippen molar-refractivity contribution in [3.05, 3.63) is 109 Å². The van der Waals surface area contributed by atoms with Crippen LogP contribution < -0.4 is 15.6 Å². The van der Waals surface area contributed by atoms with Crippen molar-refractivity contribution < 1.29 is 43.6 Å². The first-order valence-electron chi connectivity index (χ1n) is 28.2. The Morgan fingerprint density at radius 2 is 1.73 bits per heavy atom. The number of benzene rings is 2. The molecule has 11 rings (SSSR count). The number of esters is 2. The first-order valence-corrected chi connectivity index (χ1v) is 28.2. The monoisotopic (exact) mass is 1050 g/mol. The molecule has 4 aliphatic carbocycles. The average molecular weight is 1050 g/mol. The predicted molar refractivity (Wildman–Crippen MR) is 291 cm³/mol. The molecule has 0 spiro atoms. The first kappa shape index (κ1) is 52.8. The number of allylic oxidation sites excluding steroid dienone is 3. The Morgan fingerprint density at radius 1 is 0.948 bits per heavy atom. The van der Waals surface area contributed by atoms with Crippen LogP contribution in [-0.4, -0.2) is 123 Å². The van der Waals surface area contributed by atoms with Crippen molar-refractivity contribution >= 4 is 40.4 Å². The van der Waals surface area contributed by atoms with E-state index in [1.807, 2.05) is 31.1 Å². The number of Topliss-reactive ketones (excluding diaryl/α,β-unsaturated/α-hetero) is 1. The summed E-state index contributed by atoms with van der Waals surface area (Å²) in [5.74, 6) is 0.0132. The molecule has 0 bridgehead atoms. The first-order chi connectivity index (χ1) is 37.1. The largest absolute Gasteiger partial charge is 0.458 e. The summed E-state index contributed by atoms with van der Waals surface area (Å²) in [4.78, 5) is 77.2. The second-order valence-electron chi connectivity index (χ2n) is 23.1. The van der Waals surface area contributed by atoms with E-state index in [0.717, 1.165) is 113 Å². The number of aliphatic hydroxyl groups excluding tert-OH is 1. The van der Waals surface area contributed by atoms with E-state index in [2.05, 4.69) is 40.6 Å². The molecule has 0 radical (unpaired) electrons. The molecule has 2 unspecified atom stereocenters. The minimum atomic E-state index is -1.90. The smallest absolute Gasteiger partial charge is 0.415 e. The Kier molecular flexibility index (Phi) is 14.6. The molecule has 5 heterocycles. The van der Waals surface area contributed by atoms with Crippen LogP contribution in [0.1, 0.15) is 132 Å². The molecular formula is C61H74N6O10. The van der Waals surface area contributed by atoms with E-state index in [1.165, 1.54) is 29.2 Å². The average Bonchev–Trinajstić information content (AvgIpc) is 4.24. The van der Waals surface area contributed by atoms with Crippen LogP contribution in [0.4, 0.5) is 10.5 Å². The maximum absolute atomic E-state index is 13.8. The number of carbonyl (C=O) groups is 4. The molecule has 4 aromatic rings. The fourth-order valence-corrected chi connectivity index (χ4v) is 14.4. The van der Waals surface area contributed by atoms with Gasteiger partial charge in [0.05, 0.1) is 35.1 Å². The minimum absolute atomic E-state index is 0.0225. The number of piperazine rings is 1. The Morgan fingerprint density at radius 3 is 2.47 bits per heavy atom. The normalized spacial score (nSPS) is 26.5. The third-order valence-corrected chi connectivity index (χ3v) is 18.3. The van der Waals surface area contributed by atoms with Crippen molar-refractivity contribution in [1.82, 2.24) is 24.3 Å². The van der Waals surface area contributed by atoms with Gasteiger partial charge in [0.1, 0.15) is 12.4 Å². The lowest BCUT2D eigenvalue weighted by Crippen LogP contribution is -2.50. The number of hydrogen-bond donors (Lipinski definition) is 3. The molecule has 2 aromatic heterocycles. The van der Waals surface area contributed by atoms with E-state index in [9.17, 15) is 34.2 Å². The van der Waals surface area contributed by atoms with Crippen LogP contribution in [0, 0.1) is 17.8 Å². The molecule has 77 heavy (non-hydrogen) atoms. The van der Waals surface area contributed by atoms with Gasteiger partial charge in [-0.3, -0.25) is 19.3 Å². The summed E-state index contributed by atoms with van der Waals surface area (Å²) in [6, 6.07) is 16.2. The number of unbranched alkanes of at least 4 members (excludes halogenated alkanes) is 3. The van der Waals surface area contributed by atoms with Crippen molar-refractivity contribution in [2.45, 2.75) is 141 Å². The highest BCUT2D eigenvalue weighted by atomic mass is 16.6. The summed E-state index contributed by atoms with van der Waals surface area (Å²) in [5.41, 5.74) is 7.27. The number of anilines is 1. The Balaban J connectivity index is 0.660. The number of carbonyl (C=O) groups excluding carboxylic acids is 4. The molecule has 1 amide bonds. The van der Waals surface area contributed by atoms with Gasteiger partial charge in [-0.15, -0.1) is 0 Å². The minimum Gasteiger partial charge on any atom is -0.458 e. The molecule has 7 atom stereocenters. The highest BCUT2D eigenvalue weighted by molar-refractivity contribution is 5.91. The number of aromatic nitrogens is 2. The van der Waals surface area contributed by atoms with Gasteiger partial charge in [0.25, 0.3) is 5.56 Å². The van der Waals surface area contributed by atoms with Crippen LogP contribution in [-0.2, 0) is 49.2 Å². The maximum Gasteiger partial charge on any atom is 0.415 e. The molecular weight excluding hydrogens is 977 g/mol. The summed E-state index contributed by atoms with van der Waals surface area (Å²) in [6.07, 6.45) is 11.5. The van der Waals surface area contributed by atoms with Crippen molar-refractivity contribution in [1.29, 1.82) is 0 Å². The van der Waals surface area contributed by atoms with E-state index in [4.69, 9.17) is 19.2 Å². The van der Waals surface area contributed by atoms with Crippen LogP contribution in [0.2, 0.25) is 0 Å². The van der Waals surface area contributed by atoms with Gasteiger partial charge in [0, 0.05) is 85.8 Å². The highest BCUT2D eigenvalue weighted by Gasteiger charge is 2.60. The number of nitrogens with one attached hydrogen (secondary N) is 1. The predicted octanol–water partition coefficient (Wildman–Crippen LogP) is 8.12. The summed E-state index contributed by atoms with van der Waals surface area (Å²) >= 11 is 0. The lowest BCUT2D eigenvalue weighted by atomic mass is 9.56. The van der Waals surface area contributed by atoms with Gasteiger partial charge in [-0.2, -0.15) is 0 Å². The number of ether oxygens (including phenoxy) is 3. The van der Waals surface area contributed by atoms with Crippen LogP contribution in [0.5, 0.6) is 5.75 Å². The zero-order valence-corrected chi connectivity index (χ0v) is 45.3. The third-order valence-electron chi connectivity index (χ3n) is 18.3. The molecule has 2 aromatic carbocycles. The highest BCUT2D eigenvalue weighted by Crippen LogP contribution is 2.62. The molecule has 3 N–H and O–H groups in total. The summed E-state index contributed by atoms with van der Waals surface area (Å²) in [5, 5.41) is 26.3. The van der Waals surface area contributed by atoms with E-state index in [-0.39, 0.29) is 65.9 Å². The SMILES string of the molecule is CC[C@@]1(O)C(=O)OCc2c1cc1n(c2=O)Cc2cc3c(CN(C)C)c(OC(=O)N4CCN(CCCCCCNc5ccc([C@H]6CC7[C@@H](CC[C@]7(OC(C)=O)C(C)=O)[C@@H]7CCC8=CC(O)CCC8=C76)cc5)CC4)ccc3nc2-1. The number of nitrogens with zero attached hydrogens (tertiary/aromatic N) is 5. The molecule has 408 valence electrons. The molecule has 3 fully saturated rings. The van der Waals surface area contributed by atoms with Gasteiger partial charge in [-0.25, -0.2) is 14.6 Å². The van der Waals surface area contributed by atoms with Crippen LogP contribution in [0.3, 0.4) is 0 Å². The zero-order chi connectivity index (χ0) is 53.9. The number of hydrogen-bond acceptors (Lipinski definition) is 14. The van der Waals surface area contributed by atoms with Gasteiger partial charge in [-0.1, -0.05) is 43.5 Å². The van der Waals surface area contributed by atoms with E-state index in [1.54, 1.807) is 35.4 Å². The number of aliphatic hydroxyl groups is 2. The third kappa shape index (κ3) is 9.71. The molecule has 16 heteroatoms. The standard InChI is InChI=1S/C61H74N6O10/c1-6-60(74)50-32-53-56-40(33-67(53)57(71)49(50)35-75-58(60)72)30-47-48(34-64(4)5)54(20-19-52(47)63-56)76-59(73)66-27-25-65(26-28-66)24-10-8-7-9-23-62-41-14-11-38(12-15-41)46-31-51-44(21-22-61(51,36(2)68)77-37(3)69)45-17-13-39-29-42(70)16-18-43(39)55(45)46/h11-12,14-15,19-20,29-30,32,42,44-46,51,62,70,74H,6-10,13,16-18,21-28,31,33-35H2,1-5H3/t42?,44-,45-,46+,51?,60-,61-/m0/s1. The van der Waals surface area contributed by atoms with Gasteiger partial charge in [0.15, 0.2) is 17.0 Å². The Bertz CT molecular complexity index is 3140. The van der Waals surface area contributed by atoms with Gasteiger partial charge in [0.2, 0.25) is 0 Å². The number of ketones is 1. The number of pyridine rings is 2. The lowest BCUT2D eigenvalue weighted by Gasteiger charge is -2.49.